The van der Waals surface area contributed by atoms with E-state index < -0.39 is 0 Å². The number of hydrogen-bond acceptors (Lipinski definition) is 3. The van der Waals surface area contributed by atoms with Gasteiger partial charge in [-0.3, -0.25) is 4.79 Å². The van der Waals surface area contributed by atoms with E-state index in [4.69, 9.17) is 0 Å². The highest BCUT2D eigenvalue weighted by Gasteiger charge is 2.10. The minimum absolute atomic E-state index is 0.324. The highest BCUT2D eigenvalue weighted by molar-refractivity contribution is 6.13. The molecule has 0 spiro atoms. The van der Waals surface area contributed by atoms with E-state index in [1.807, 2.05) is 60.7 Å². The van der Waals surface area contributed by atoms with Gasteiger partial charge < -0.3 is 4.98 Å². The van der Waals surface area contributed by atoms with Gasteiger partial charge in [0, 0.05) is 11.1 Å². The molecule has 0 saturated heterocycles. The van der Waals surface area contributed by atoms with Gasteiger partial charge in [-0.2, -0.15) is 5.10 Å². The minimum atomic E-state index is -0.324. The summed E-state index contributed by atoms with van der Waals surface area (Å²) in [6, 6.07) is 19.5. The van der Waals surface area contributed by atoms with Crippen LogP contribution in [0.2, 0.25) is 0 Å². The van der Waals surface area contributed by atoms with Crippen LogP contribution in [0, 0.1) is 6.92 Å². The summed E-state index contributed by atoms with van der Waals surface area (Å²) in [5.41, 5.74) is 5.53. The Bertz CT molecular complexity index is 781. The number of nitrogens with zero attached hydrogens (tertiary/aromatic N) is 2. The topological polar surface area (TPSA) is 70.1 Å². The lowest BCUT2D eigenvalue weighted by atomic mass is 10.0. The van der Waals surface area contributed by atoms with Gasteiger partial charge >= 0.3 is 0 Å². The summed E-state index contributed by atoms with van der Waals surface area (Å²) in [5, 5.41) is 4.32. The van der Waals surface area contributed by atoms with Crippen molar-refractivity contribution >= 4 is 11.6 Å². The maximum atomic E-state index is 12.1. The predicted octanol–water partition coefficient (Wildman–Crippen LogP) is 2.90. The molecule has 0 aliphatic heterocycles. The lowest BCUT2D eigenvalue weighted by molar-refractivity contribution is 0.0950. The number of rotatable bonds is 4. The number of aromatic nitrogens is 2. The van der Waals surface area contributed by atoms with Crippen molar-refractivity contribution in [3.05, 3.63) is 89.5 Å². The molecule has 0 radical (unpaired) electrons. The average molecular weight is 304 g/mol. The van der Waals surface area contributed by atoms with Crippen LogP contribution in [0.4, 0.5) is 0 Å². The normalized spacial score (nSPS) is 10.1. The molecule has 1 aromatic heterocycles. The maximum Gasteiger partial charge on any atom is 0.289 e. The number of nitrogens with one attached hydrogen (secondary N) is 2. The molecule has 5 heteroatoms. The van der Waals surface area contributed by atoms with E-state index in [1.54, 1.807) is 6.92 Å². The number of imidazole rings is 1. The number of hydrazone groups is 1. The first-order chi connectivity index (χ1) is 11.2. The highest BCUT2D eigenvalue weighted by atomic mass is 16.2. The molecule has 23 heavy (non-hydrogen) atoms. The van der Waals surface area contributed by atoms with Crippen molar-refractivity contribution in [1.82, 2.24) is 15.4 Å². The van der Waals surface area contributed by atoms with E-state index >= 15 is 0 Å². The van der Waals surface area contributed by atoms with Crippen LogP contribution in [-0.2, 0) is 0 Å². The zero-order chi connectivity index (χ0) is 16.1. The molecule has 1 heterocycles. The summed E-state index contributed by atoms with van der Waals surface area (Å²) in [6.07, 6.45) is 1.49. The zero-order valence-corrected chi connectivity index (χ0v) is 12.7. The van der Waals surface area contributed by atoms with Crippen molar-refractivity contribution < 1.29 is 4.79 Å². The Morgan fingerprint density at radius 2 is 1.57 bits per heavy atom. The molecule has 0 fully saturated rings. The maximum absolute atomic E-state index is 12.1. The number of carbonyl (C=O) groups excluding carboxylic acids is 1. The van der Waals surface area contributed by atoms with Crippen molar-refractivity contribution in [2.75, 3.05) is 0 Å². The molecule has 0 saturated carbocycles. The van der Waals surface area contributed by atoms with Crippen LogP contribution < -0.4 is 5.43 Å². The number of H-pyrrole nitrogens is 1. The first kappa shape index (κ1) is 14.7. The van der Waals surface area contributed by atoms with Gasteiger partial charge in [-0.1, -0.05) is 60.7 Å². The SMILES string of the molecule is Cc1ncc(C(=O)NN=C(c2ccccc2)c2ccccc2)[nH]1. The van der Waals surface area contributed by atoms with Gasteiger partial charge in [0.1, 0.15) is 11.5 Å². The van der Waals surface area contributed by atoms with Crippen LogP contribution in [0.5, 0.6) is 0 Å². The second kappa shape index (κ2) is 6.70. The van der Waals surface area contributed by atoms with Crippen LogP contribution in [0.1, 0.15) is 27.4 Å². The number of aromatic amines is 1. The van der Waals surface area contributed by atoms with E-state index in [9.17, 15) is 4.79 Å². The Balaban J connectivity index is 1.91. The molecule has 1 amide bonds. The quantitative estimate of drug-likeness (QED) is 0.575. The molecule has 114 valence electrons. The summed E-state index contributed by atoms with van der Waals surface area (Å²) < 4.78 is 0. The number of amides is 1. The average Bonchev–Trinajstić information content (AvgIpc) is 3.03. The molecule has 0 bridgehead atoms. The molecule has 0 atom stereocenters. The lowest BCUT2D eigenvalue weighted by Crippen LogP contribution is -2.21. The minimum Gasteiger partial charge on any atom is -0.338 e. The molecule has 0 aliphatic carbocycles. The fraction of sp³-hybridized carbons (Fsp3) is 0.0556. The largest absolute Gasteiger partial charge is 0.338 e. The summed E-state index contributed by atoms with van der Waals surface area (Å²) in [7, 11) is 0. The Morgan fingerprint density at radius 1 is 1.00 bits per heavy atom. The van der Waals surface area contributed by atoms with E-state index in [2.05, 4.69) is 20.5 Å². The zero-order valence-electron chi connectivity index (χ0n) is 12.7. The standard InChI is InChI=1S/C18H16N4O/c1-13-19-12-16(20-13)18(23)22-21-17(14-8-4-2-5-9-14)15-10-6-3-7-11-15/h2-12H,1H3,(H,19,20)(H,22,23). The van der Waals surface area contributed by atoms with Crippen LogP contribution in [-0.4, -0.2) is 21.6 Å². The molecule has 5 nitrogen and oxygen atoms in total. The van der Waals surface area contributed by atoms with Crippen molar-refractivity contribution in [3.63, 3.8) is 0 Å². The first-order valence-electron chi connectivity index (χ1n) is 7.24. The van der Waals surface area contributed by atoms with Gasteiger partial charge in [0.2, 0.25) is 0 Å². The molecule has 3 aromatic rings. The molecule has 2 N–H and O–H groups in total. The van der Waals surface area contributed by atoms with Crippen molar-refractivity contribution in [3.8, 4) is 0 Å². The summed E-state index contributed by atoms with van der Waals surface area (Å²) >= 11 is 0. The van der Waals surface area contributed by atoms with E-state index in [0.717, 1.165) is 11.1 Å². The monoisotopic (exact) mass is 304 g/mol. The predicted molar refractivity (Wildman–Crippen MR) is 89.3 cm³/mol. The molecule has 2 aromatic carbocycles. The van der Waals surface area contributed by atoms with Crippen molar-refractivity contribution in [2.24, 2.45) is 5.10 Å². The van der Waals surface area contributed by atoms with Crippen LogP contribution >= 0.6 is 0 Å². The smallest absolute Gasteiger partial charge is 0.289 e. The van der Waals surface area contributed by atoms with Gasteiger partial charge in [0.15, 0.2) is 0 Å². The molecular formula is C18H16N4O. The third-order valence-electron chi connectivity index (χ3n) is 3.31. The molecule has 3 rings (SSSR count). The fourth-order valence-corrected chi connectivity index (χ4v) is 2.19. The third kappa shape index (κ3) is 3.52. The third-order valence-corrected chi connectivity index (χ3v) is 3.31. The Labute approximate surface area is 134 Å². The Hall–Kier alpha value is -3.21. The molecular weight excluding hydrogens is 288 g/mol. The van der Waals surface area contributed by atoms with E-state index in [1.165, 1.54) is 6.20 Å². The lowest BCUT2D eigenvalue weighted by Gasteiger charge is -2.07. The van der Waals surface area contributed by atoms with Crippen molar-refractivity contribution in [2.45, 2.75) is 6.92 Å². The summed E-state index contributed by atoms with van der Waals surface area (Å²) in [6.45, 7) is 1.79. The first-order valence-corrected chi connectivity index (χ1v) is 7.24. The van der Waals surface area contributed by atoms with Gasteiger partial charge in [-0.15, -0.1) is 0 Å². The number of carbonyl (C=O) groups is 1. The Morgan fingerprint density at radius 3 is 2.04 bits per heavy atom. The van der Waals surface area contributed by atoms with Gasteiger partial charge in [0.05, 0.1) is 11.9 Å². The van der Waals surface area contributed by atoms with Crippen LogP contribution in [0.3, 0.4) is 0 Å². The number of benzene rings is 2. The van der Waals surface area contributed by atoms with Crippen LogP contribution in [0.15, 0.2) is 72.0 Å². The molecule has 0 unspecified atom stereocenters. The fourth-order valence-electron chi connectivity index (χ4n) is 2.19. The molecule has 0 aliphatic rings. The summed E-state index contributed by atoms with van der Waals surface area (Å²) in [4.78, 5) is 19.0. The van der Waals surface area contributed by atoms with Crippen molar-refractivity contribution in [1.29, 1.82) is 0 Å². The van der Waals surface area contributed by atoms with Gasteiger partial charge in [-0.25, -0.2) is 10.4 Å². The van der Waals surface area contributed by atoms with Crippen LogP contribution in [0.25, 0.3) is 0 Å². The number of hydrogen-bond donors (Lipinski definition) is 2. The van der Waals surface area contributed by atoms with E-state index in [-0.39, 0.29) is 5.91 Å². The number of aryl methyl sites for hydroxylation is 1. The second-order valence-electron chi connectivity index (χ2n) is 5.02. The van der Waals surface area contributed by atoms with Gasteiger partial charge in [0.25, 0.3) is 5.91 Å². The summed E-state index contributed by atoms with van der Waals surface area (Å²) in [5.74, 6) is 0.362. The highest BCUT2D eigenvalue weighted by Crippen LogP contribution is 2.10. The second-order valence-corrected chi connectivity index (χ2v) is 5.02. The Kier molecular flexibility index (Phi) is 4.29. The van der Waals surface area contributed by atoms with Gasteiger partial charge in [-0.05, 0) is 6.92 Å². The van der Waals surface area contributed by atoms with E-state index in [0.29, 0.717) is 17.2 Å².